The first-order valence-corrected chi connectivity index (χ1v) is 14.3. The van der Waals surface area contributed by atoms with E-state index in [1.807, 2.05) is 39.0 Å². The largest absolute Gasteiger partial charge is 0.490 e. The Balaban J connectivity index is 0.00000172. The van der Waals surface area contributed by atoms with Crippen LogP contribution in [0.1, 0.15) is 61.8 Å². The van der Waals surface area contributed by atoms with Crippen LogP contribution in [0.2, 0.25) is 0 Å². The number of nitrogens with one attached hydrogen (secondary N) is 1. The minimum absolute atomic E-state index is 0.146. The van der Waals surface area contributed by atoms with Crippen molar-refractivity contribution in [1.29, 1.82) is 5.41 Å². The van der Waals surface area contributed by atoms with Gasteiger partial charge in [0.05, 0.1) is 5.71 Å². The van der Waals surface area contributed by atoms with Crippen molar-refractivity contribution >= 4 is 11.4 Å². The number of likely N-dealkylation sites (tertiary alicyclic amines) is 1. The number of halogens is 1. The van der Waals surface area contributed by atoms with Gasteiger partial charge in [-0.05, 0) is 80.1 Å². The summed E-state index contributed by atoms with van der Waals surface area (Å²) in [4.78, 5) is 4.83. The van der Waals surface area contributed by atoms with Crippen molar-refractivity contribution in [2.75, 3.05) is 24.5 Å². The fourth-order valence-corrected chi connectivity index (χ4v) is 5.15. The fraction of sp³-hybridized carbons (Fsp3) is 0.382. The lowest BCUT2D eigenvalue weighted by atomic mass is 9.98. The van der Waals surface area contributed by atoms with Gasteiger partial charge in [-0.2, -0.15) is 0 Å². The molecule has 0 amide bonds. The molecule has 0 bridgehead atoms. The molecule has 1 N–H and O–H groups in total. The first-order valence-electron chi connectivity index (χ1n) is 14.3. The van der Waals surface area contributed by atoms with Gasteiger partial charge in [0.15, 0.2) is 0 Å². The second kappa shape index (κ2) is 13.0. The monoisotopic (exact) mass is 527 g/mol. The quantitative estimate of drug-likeness (QED) is 0.286. The number of nitrogens with zero attached hydrogens (tertiary/aromatic N) is 2. The van der Waals surface area contributed by atoms with E-state index in [0.29, 0.717) is 11.3 Å². The van der Waals surface area contributed by atoms with Crippen molar-refractivity contribution in [3.8, 4) is 5.75 Å². The number of hydrogen-bond acceptors (Lipinski definition) is 4. The predicted molar refractivity (Wildman–Crippen MR) is 160 cm³/mol. The van der Waals surface area contributed by atoms with E-state index in [1.54, 1.807) is 12.1 Å². The maximum atomic E-state index is 13.6. The highest BCUT2D eigenvalue weighted by atomic mass is 19.1. The number of anilines is 1. The van der Waals surface area contributed by atoms with Crippen LogP contribution in [0.25, 0.3) is 0 Å². The molecule has 5 heteroatoms. The van der Waals surface area contributed by atoms with E-state index in [-0.39, 0.29) is 11.9 Å². The van der Waals surface area contributed by atoms with Gasteiger partial charge in [-0.1, -0.05) is 50.8 Å². The van der Waals surface area contributed by atoms with E-state index in [4.69, 9.17) is 10.1 Å². The van der Waals surface area contributed by atoms with Gasteiger partial charge in [-0.25, -0.2) is 4.39 Å². The molecule has 2 aliphatic rings. The summed E-state index contributed by atoms with van der Waals surface area (Å²) in [6.45, 7) is 15.5. The second-order valence-electron chi connectivity index (χ2n) is 10.4. The molecular weight excluding hydrogens is 485 g/mol. The zero-order valence-electron chi connectivity index (χ0n) is 23.8. The summed E-state index contributed by atoms with van der Waals surface area (Å²) < 4.78 is 20.0. The molecule has 1 saturated carbocycles. The molecule has 5 rings (SSSR count). The highest BCUT2D eigenvalue weighted by Crippen LogP contribution is 2.35. The lowest BCUT2D eigenvalue weighted by Gasteiger charge is -2.40. The molecule has 2 fully saturated rings. The Labute approximate surface area is 233 Å². The molecule has 1 heterocycles. The van der Waals surface area contributed by atoms with E-state index >= 15 is 0 Å². The van der Waals surface area contributed by atoms with Crippen LogP contribution in [0.4, 0.5) is 10.1 Å². The van der Waals surface area contributed by atoms with E-state index in [9.17, 15) is 4.39 Å². The Hall–Kier alpha value is -3.60. The molecule has 0 atom stereocenters. The van der Waals surface area contributed by atoms with Gasteiger partial charge in [-0.15, -0.1) is 0 Å². The molecule has 1 aliphatic heterocycles. The molecule has 3 aromatic carbocycles. The zero-order valence-corrected chi connectivity index (χ0v) is 23.8. The van der Waals surface area contributed by atoms with Gasteiger partial charge >= 0.3 is 0 Å². The molecule has 4 nitrogen and oxygen atoms in total. The highest BCUT2D eigenvalue weighted by molar-refractivity contribution is 6.11. The fourth-order valence-electron chi connectivity index (χ4n) is 5.15. The number of benzene rings is 3. The van der Waals surface area contributed by atoms with Gasteiger partial charge in [0.1, 0.15) is 23.5 Å². The number of hydrogen-bond donors (Lipinski definition) is 1. The standard InChI is InChI=1S/C32H36FN3O.C2H6/c1-22-7-4-5-10-31(22)36(21-25-11-12-25)24(3)35-17-15-28(16-18-35)37-29-13-14-30(23(2)19-29)32(34)26-8-6-9-27(33)20-26;1-2/h4-10,13-14,19-20,25,28,34H,3,11-12,15-18,21H2,1-2H3;1-2H3. The number of para-hydroxylation sites is 1. The maximum Gasteiger partial charge on any atom is 0.123 e. The summed E-state index contributed by atoms with van der Waals surface area (Å²) in [5.41, 5.74) is 5.18. The average molecular weight is 528 g/mol. The number of piperidine rings is 1. The first kappa shape index (κ1) is 28.4. The molecular formula is C34H42FN3O. The smallest absolute Gasteiger partial charge is 0.123 e. The zero-order chi connectivity index (χ0) is 27.9. The van der Waals surface area contributed by atoms with Crippen molar-refractivity contribution in [1.82, 2.24) is 4.90 Å². The molecule has 1 aliphatic carbocycles. The van der Waals surface area contributed by atoms with E-state index in [1.165, 1.54) is 36.2 Å². The minimum Gasteiger partial charge on any atom is -0.490 e. The highest BCUT2D eigenvalue weighted by Gasteiger charge is 2.30. The van der Waals surface area contributed by atoms with Crippen LogP contribution in [0.15, 0.2) is 79.1 Å². The molecule has 3 aromatic rings. The van der Waals surface area contributed by atoms with E-state index in [2.05, 4.69) is 47.6 Å². The van der Waals surface area contributed by atoms with Crippen LogP contribution in [0, 0.1) is 31.0 Å². The summed E-state index contributed by atoms with van der Waals surface area (Å²) in [7, 11) is 0. The van der Waals surface area contributed by atoms with Crippen LogP contribution in [0.3, 0.4) is 0 Å². The Morgan fingerprint density at radius 3 is 2.31 bits per heavy atom. The van der Waals surface area contributed by atoms with Gasteiger partial charge in [0.2, 0.25) is 0 Å². The normalized spacial score (nSPS) is 15.3. The van der Waals surface area contributed by atoms with Crippen molar-refractivity contribution < 1.29 is 9.13 Å². The molecule has 39 heavy (non-hydrogen) atoms. The lowest BCUT2D eigenvalue weighted by Crippen LogP contribution is -2.43. The van der Waals surface area contributed by atoms with Crippen molar-refractivity contribution in [3.05, 3.63) is 107 Å². The average Bonchev–Trinajstić information content (AvgIpc) is 3.77. The SMILES string of the molecule is C=C(N1CCC(Oc2ccc(C(=N)c3cccc(F)c3)c(C)c2)CC1)N(CC1CC1)c1ccccc1C.CC. The first-order chi connectivity index (χ1) is 18.9. The summed E-state index contributed by atoms with van der Waals surface area (Å²) in [6, 6.07) is 20.6. The van der Waals surface area contributed by atoms with E-state index in [0.717, 1.165) is 61.1 Å². The Kier molecular flexibility index (Phi) is 9.45. The molecule has 0 unspecified atom stereocenters. The molecule has 1 saturated heterocycles. The van der Waals surface area contributed by atoms with Crippen LogP contribution >= 0.6 is 0 Å². The third-order valence-electron chi connectivity index (χ3n) is 7.55. The van der Waals surface area contributed by atoms with Crippen LogP contribution in [0.5, 0.6) is 5.75 Å². The van der Waals surface area contributed by atoms with Gasteiger partial charge in [0, 0.05) is 49.3 Å². The maximum absolute atomic E-state index is 13.6. The second-order valence-corrected chi connectivity index (χ2v) is 10.4. The summed E-state index contributed by atoms with van der Waals surface area (Å²) >= 11 is 0. The summed E-state index contributed by atoms with van der Waals surface area (Å²) in [5.74, 6) is 2.35. The van der Waals surface area contributed by atoms with Crippen LogP contribution in [-0.2, 0) is 0 Å². The Morgan fingerprint density at radius 1 is 0.949 bits per heavy atom. The Bertz CT molecular complexity index is 1290. The van der Waals surface area contributed by atoms with Gasteiger partial charge < -0.3 is 14.5 Å². The van der Waals surface area contributed by atoms with Crippen LogP contribution in [-0.4, -0.2) is 36.3 Å². The van der Waals surface area contributed by atoms with Crippen LogP contribution < -0.4 is 9.64 Å². The topological polar surface area (TPSA) is 39.6 Å². The van der Waals surface area contributed by atoms with Crippen molar-refractivity contribution in [3.63, 3.8) is 0 Å². The molecule has 206 valence electrons. The van der Waals surface area contributed by atoms with Crippen molar-refractivity contribution in [2.24, 2.45) is 5.92 Å². The number of rotatable bonds is 9. The third-order valence-corrected chi connectivity index (χ3v) is 7.55. The summed E-state index contributed by atoms with van der Waals surface area (Å²) in [6.07, 6.45) is 4.64. The summed E-state index contributed by atoms with van der Waals surface area (Å²) in [5, 5.41) is 8.52. The molecule has 0 spiro atoms. The van der Waals surface area contributed by atoms with E-state index < -0.39 is 0 Å². The molecule has 0 aromatic heterocycles. The minimum atomic E-state index is -0.330. The van der Waals surface area contributed by atoms with Gasteiger partial charge in [-0.3, -0.25) is 5.41 Å². The van der Waals surface area contributed by atoms with Gasteiger partial charge in [0.25, 0.3) is 0 Å². The Morgan fingerprint density at radius 2 is 1.67 bits per heavy atom. The van der Waals surface area contributed by atoms with Crippen molar-refractivity contribution in [2.45, 2.75) is 59.5 Å². The number of ether oxygens (including phenoxy) is 1. The lowest BCUT2D eigenvalue weighted by molar-refractivity contribution is 0.116. The molecule has 0 radical (unpaired) electrons. The third kappa shape index (κ3) is 7.08. The number of aryl methyl sites for hydroxylation is 2. The predicted octanol–water partition coefficient (Wildman–Crippen LogP) is 8.12.